The molecule has 2 fully saturated rings. The number of hydrogen-bond donors (Lipinski definition) is 2. The van der Waals surface area contributed by atoms with Gasteiger partial charge in [0.1, 0.15) is 5.82 Å². The molecule has 0 aliphatic carbocycles. The fraction of sp³-hybridized carbons (Fsp3) is 0.429. The summed E-state index contributed by atoms with van der Waals surface area (Å²) in [5, 5.41) is 0. The summed E-state index contributed by atoms with van der Waals surface area (Å²) >= 11 is 0. The highest BCUT2D eigenvalue weighted by atomic mass is 19.4. The number of hydrogen-bond acceptors (Lipinski definition) is 4. The summed E-state index contributed by atoms with van der Waals surface area (Å²) in [7, 11) is 0. The van der Waals surface area contributed by atoms with Crippen LogP contribution >= 0.6 is 0 Å². The van der Waals surface area contributed by atoms with Crippen molar-refractivity contribution < 1.29 is 13.2 Å². The van der Waals surface area contributed by atoms with Gasteiger partial charge in [-0.05, 0) is 62.9 Å². The quantitative estimate of drug-likeness (QED) is 0.363. The van der Waals surface area contributed by atoms with Crippen molar-refractivity contribution in [3.63, 3.8) is 0 Å². The molecular formula is C28H31F3N6O. The number of imidazole rings is 2. The molecule has 10 heteroatoms. The van der Waals surface area contributed by atoms with Crippen molar-refractivity contribution in [1.29, 1.82) is 0 Å². The number of halogens is 3. The molecule has 2 N–H and O–H groups in total. The van der Waals surface area contributed by atoms with E-state index in [1.165, 1.54) is 30.7 Å². The van der Waals surface area contributed by atoms with Gasteiger partial charge in [-0.1, -0.05) is 12.1 Å². The zero-order chi connectivity index (χ0) is 26.4. The third-order valence-electron chi connectivity index (χ3n) is 7.94. The highest BCUT2D eigenvalue weighted by Crippen LogP contribution is 2.32. The number of anilines is 1. The van der Waals surface area contributed by atoms with Crippen molar-refractivity contribution in [1.82, 2.24) is 24.4 Å². The largest absolute Gasteiger partial charge is 0.416 e. The molecule has 0 radical (unpaired) electrons. The smallest absolute Gasteiger partial charge is 0.371 e. The van der Waals surface area contributed by atoms with Crippen molar-refractivity contribution in [2.75, 3.05) is 31.1 Å². The predicted molar refractivity (Wildman–Crippen MR) is 141 cm³/mol. The minimum Gasteiger partial charge on any atom is -0.371 e. The average Bonchev–Trinajstić information content (AvgIpc) is 3.63. The zero-order valence-corrected chi connectivity index (χ0v) is 21.3. The van der Waals surface area contributed by atoms with Crippen LogP contribution in [0, 0.1) is 6.92 Å². The van der Waals surface area contributed by atoms with Gasteiger partial charge < -0.3 is 14.9 Å². The van der Waals surface area contributed by atoms with E-state index in [1.807, 2.05) is 11.5 Å². The van der Waals surface area contributed by atoms with Crippen molar-refractivity contribution in [3.05, 3.63) is 69.9 Å². The topological polar surface area (TPSA) is 73.0 Å². The second-order valence-electron chi connectivity index (χ2n) is 10.4. The Kier molecular flexibility index (Phi) is 6.29. The summed E-state index contributed by atoms with van der Waals surface area (Å²) in [6.45, 7) is 6.38. The van der Waals surface area contributed by atoms with Crippen LogP contribution in [0.15, 0.2) is 47.3 Å². The molecule has 4 heterocycles. The Balaban J connectivity index is 1.12. The third-order valence-corrected chi connectivity index (χ3v) is 7.94. The number of nitrogens with one attached hydrogen (secondary N) is 2. The third kappa shape index (κ3) is 4.73. The lowest BCUT2D eigenvalue weighted by Gasteiger charge is -2.32. The Morgan fingerprint density at radius 1 is 0.974 bits per heavy atom. The molecule has 2 aromatic carbocycles. The molecule has 0 bridgehead atoms. The Hall–Kier alpha value is -3.53. The van der Waals surface area contributed by atoms with Crippen molar-refractivity contribution in [2.45, 2.75) is 51.4 Å². The predicted octanol–water partition coefficient (Wildman–Crippen LogP) is 5.48. The molecule has 6 rings (SSSR count). The number of aromatic amines is 2. The van der Waals surface area contributed by atoms with E-state index in [0.29, 0.717) is 17.9 Å². The molecular weight excluding hydrogens is 493 g/mol. The molecule has 7 nitrogen and oxygen atoms in total. The van der Waals surface area contributed by atoms with Crippen LogP contribution < -0.4 is 10.6 Å². The van der Waals surface area contributed by atoms with Gasteiger partial charge in [-0.3, -0.25) is 9.47 Å². The van der Waals surface area contributed by atoms with E-state index in [1.54, 1.807) is 0 Å². The summed E-state index contributed by atoms with van der Waals surface area (Å²) in [5.41, 5.74) is 4.71. The summed E-state index contributed by atoms with van der Waals surface area (Å²) in [6, 6.07) is 11.5. The number of alkyl halides is 3. The number of nitrogens with zero attached hydrogens (tertiary/aromatic N) is 4. The molecule has 2 aliphatic heterocycles. The zero-order valence-electron chi connectivity index (χ0n) is 21.3. The average molecular weight is 525 g/mol. The van der Waals surface area contributed by atoms with Crippen LogP contribution in [0.2, 0.25) is 0 Å². The first-order valence-corrected chi connectivity index (χ1v) is 13.2. The second-order valence-corrected chi connectivity index (χ2v) is 10.4. The van der Waals surface area contributed by atoms with Gasteiger partial charge >= 0.3 is 11.9 Å². The van der Waals surface area contributed by atoms with Gasteiger partial charge in [0, 0.05) is 55.7 Å². The number of aromatic nitrogens is 4. The fourth-order valence-corrected chi connectivity index (χ4v) is 5.81. The molecule has 38 heavy (non-hydrogen) atoms. The first-order chi connectivity index (χ1) is 18.3. The first kappa shape index (κ1) is 24.8. The van der Waals surface area contributed by atoms with Gasteiger partial charge in [0.05, 0.1) is 22.3 Å². The highest BCUT2D eigenvalue weighted by Gasteiger charge is 2.30. The fourth-order valence-electron chi connectivity index (χ4n) is 5.81. The van der Waals surface area contributed by atoms with Gasteiger partial charge in [-0.25, -0.2) is 9.78 Å². The number of piperidine rings is 1. The van der Waals surface area contributed by atoms with E-state index < -0.39 is 11.7 Å². The van der Waals surface area contributed by atoms with Gasteiger partial charge in [-0.2, -0.15) is 13.2 Å². The maximum absolute atomic E-state index is 12.9. The van der Waals surface area contributed by atoms with Gasteiger partial charge in [0.15, 0.2) is 0 Å². The van der Waals surface area contributed by atoms with E-state index in [0.717, 1.165) is 73.6 Å². The summed E-state index contributed by atoms with van der Waals surface area (Å²) in [6.07, 6.45) is -0.222. The summed E-state index contributed by atoms with van der Waals surface area (Å²) in [5.74, 6) is 0.569. The molecule has 0 amide bonds. The molecule has 2 aromatic heterocycles. The SMILES string of the molecule is Cc1[nH]c(-c2ccc(C(F)(F)F)cc2)nc1CN1CCC(n2c(=O)[nH]c3cc(N4CCCC4)ccc32)CC1. The van der Waals surface area contributed by atoms with Gasteiger partial charge in [0.25, 0.3) is 0 Å². The first-order valence-electron chi connectivity index (χ1n) is 13.2. The maximum atomic E-state index is 12.9. The number of aryl methyl sites for hydroxylation is 1. The standard InChI is InChI=1S/C28H31F3N6O/c1-18-24(33-26(32-18)19-4-6-20(7-5-19)28(29,30)31)17-35-14-10-21(11-15-35)37-25-9-8-22(36-12-2-3-13-36)16-23(25)34-27(37)38/h4-9,16,21H,2-3,10-15,17H2,1H3,(H,32,33)(H,34,38). The molecule has 0 unspecified atom stereocenters. The molecule has 0 atom stereocenters. The van der Waals surface area contributed by atoms with Crippen LogP contribution in [-0.4, -0.2) is 50.6 Å². The molecule has 4 aromatic rings. The van der Waals surface area contributed by atoms with E-state index >= 15 is 0 Å². The molecule has 2 aliphatic rings. The van der Waals surface area contributed by atoms with Crippen molar-refractivity contribution in [2.24, 2.45) is 0 Å². The van der Waals surface area contributed by atoms with Gasteiger partial charge in [-0.15, -0.1) is 0 Å². The number of likely N-dealkylation sites (tertiary alicyclic amines) is 1. The molecule has 200 valence electrons. The monoisotopic (exact) mass is 524 g/mol. The Labute approximate surface area is 218 Å². The van der Waals surface area contributed by atoms with Crippen LogP contribution in [0.4, 0.5) is 18.9 Å². The van der Waals surface area contributed by atoms with E-state index in [2.05, 4.69) is 43.0 Å². The van der Waals surface area contributed by atoms with Crippen molar-refractivity contribution >= 4 is 16.7 Å². The number of H-pyrrole nitrogens is 2. The highest BCUT2D eigenvalue weighted by molar-refractivity contribution is 5.80. The van der Waals surface area contributed by atoms with Crippen molar-refractivity contribution in [3.8, 4) is 11.4 Å². The Bertz CT molecular complexity index is 1490. The van der Waals surface area contributed by atoms with Crippen LogP contribution in [0.1, 0.15) is 48.7 Å². The van der Waals surface area contributed by atoms with Gasteiger partial charge in [0.2, 0.25) is 0 Å². The summed E-state index contributed by atoms with van der Waals surface area (Å²) in [4.78, 5) is 28.6. The van der Waals surface area contributed by atoms with E-state index in [9.17, 15) is 18.0 Å². The lowest BCUT2D eigenvalue weighted by Crippen LogP contribution is -2.36. The number of fused-ring (bicyclic) bond motifs is 1. The van der Waals surface area contributed by atoms with Crippen LogP contribution in [0.3, 0.4) is 0 Å². The Morgan fingerprint density at radius 3 is 2.37 bits per heavy atom. The minimum absolute atomic E-state index is 0.0543. The minimum atomic E-state index is -4.36. The lowest BCUT2D eigenvalue weighted by molar-refractivity contribution is -0.137. The number of benzene rings is 2. The second kappa shape index (κ2) is 9.65. The molecule has 0 saturated carbocycles. The van der Waals surface area contributed by atoms with E-state index in [4.69, 9.17) is 0 Å². The molecule has 0 spiro atoms. The lowest BCUT2D eigenvalue weighted by atomic mass is 10.0. The van der Waals surface area contributed by atoms with Crippen LogP contribution in [0.5, 0.6) is 0 Å². The van der Waals surface area contributed by atoms with Crippen LogP contribution in [0.25, 0.3) is 22.4 Å². The molecule has 2 saturated heterocycles. The normalized spacial score (nSPS) is 17.6. The summed E-state index contributed by atoms with van der Waals surface area (Å²) < 4.78 is 40.6. The Morgan fingerprint density at radius 2 is 1.68 bits per heavy atom. The number of rotatable bonds is 5. The maximum Gasteiger partial charge on any atom is 0.416 e. The van der Waals surface area contributed by atoms with E-state index in [-0.39, 0.29) is 11.7 Å². The van der Waals surface area contributed by atoms with Crippen LogP contribution in [-0.2, 0) is 12.7 Å².